The number of ether oxygens (including phenoxy) is 1. The molecule has 2 atom stereocenters. The fraction of sp³-hybridized carbons (Fsp3) is 0.941. The Bertz CT molecular complexity index is 656. The van der Waals surface area contributed by atoms with Crippen molar-refractivity contribution in [2.24, 2.45) is 35.0 Å². The largest absolute Gasteiger partial charge is 0.465 e. The molecule has 0 spiro atoms. The second kappa shape index (κ2) is 16.3. The number of unbranched alkanes of at least 4 members (excludes halogenated alkanes) is 8. The van der Waals surface area contributed by atoms with Crippen molar-refractivity contribution in [1.29, 1.82) is 0 Å². The molecule has 1 unspecified atom stereocenters. The Morgan fingerprint density at radius 1 is 0.703 bits per heavy atom. The standard InChI is InChI=1S/C34H60O3/c1-4-6-8-10-12-14-27-15-17-28(18-16-27)29-19-21-30(22-20-29)31-23-24-34(3,32(35)26-31)33(36)37-25-13-11-9-7-5-2/h27-31H,4-26H2,1-3H3/t27-,28-,29?,30?,31?,34-/m0/s1. The third-order valence-electron chi connectivity index (χ3n) is 10.8. The quantitative estimate of drug-likeness (QED) is 0.124. The molecule has 3 aliphatic rings. The summed E-state index contributed by atoms with van der Waals surface area (Å²) < 4.78 is 5.58. The van der Waals surface area contributed by atoms with Gasteiger partial charge in [0, 0.05) is 6.42 Å². The minimum atomic E-state index is -0.897. The molecule has 37 heavy (non-hydrogen) atoms. The van der Waals surface area contributed by atoms with Crippen molar-refractivity contribution in [3.05, 3.63) is 0 Å². The molecule has 0 bridgehead atoms. The van der Waals surface area contributed by atoms with Crippen molar-refractivity contribution in [3.8, 4) is 0 Å². The molecule has 0 aromatic heterocycles. The van der Waals surface area contributed by atoms with Crippen LogP contribution in [0, 0.1) is 35.0 Å². The number of esters is 1. The summed E-state index contributed by atoms with van der Waals surface area (Å²) in [5.74, 6) is 3.97. The number of rotatable bonds is 15. The fourth-order valence-corrected chi connectivity index (χ4v) is 7.90. The molecule has 0 saturated heterocycles. The number of ketones is 1. The van der Waals surface area contributed by atoms with Crippen LogP contribution in [-0.4, -0.2) is 18.4 Å². The van der Waals surface area contributed by atoms with E-state index in [0.717, 1.165) is 37.0 Å². The first-order chi connectivity index (χ1) is 18.0. The van der Waals surface area contributed by atoms with Gasteiger partial charge < -0.3 is 4.74 Å². The number of hydrogen-bond acceptors (Lipinski definition) is 3. The molecule has 3 saturated carbocycles. The van der Waals surface area contributed by atoms with Crippen LogP contribution in [0.15, 0.2) is 0 Å². The summed E-state index contributed by atoms with van der Waals surface area (Å²) in [5.41, 5.74) is -0.897. The summed E-state index contributed by atoms with van der Waals surface area (Å²) in [5, 5.41) is 0. The fourth-order valence-electron chi connectivity index (χ4n) is 7.90. The van der Waals surface area contributed by atoms with Gasteiger partial charge in [-0.15, -0.1) is 0 Å². The van der Waals surface area contributed by atoms with Crippen LogP contribution in [0.25, 0.3) is 0 Å². The molecule has 0 radical (unpaired) electrons. The van der Waals surface area contributed by atoms with Gasteiger partial charge in [-0.25, -0.2) is 0 Å². The van der Waals surface area contributed by atoms with Crippen LogP contribution < -0.4 is 0 Å². The van der Waals surface area contributed by atoms with Crippen LogP contribution in [0.5, 0.6) is 0 Å². The summed E-state index contributed by atoms with van der Waals surface area (Å²) in [6, 6.07) is 0. The maximum Gasteiger partial charge on any atom is 0.319 e. The SMILES string of the molecule is CCCCCCCOC(=O)[C@@]1(C)CCC(C2CCC([C@H]3CC[C@H](CCCCCCC)CC3)CC2)CC1=O. The molecule has 3 heteroatoms. The lowest BCUT2D eigenvalue weighted by Gasteiger charge is -2.42. The van der Waals surface area contributed by atoms with Gasteiger partial charge in [0.25, 0.3) is 0 Å². The first kappa shape index (κ1) is 30.7. The van der Waals surface area contributed by atoms with Gasteiger partial charge in [0.05, 0.1) is 6.61 Å². The predicted molar refractivity (Wildman–Crippen MR) is 154 cm³/mol. The van der Waals surface area contributed by atoms with Gasteiger partial charge in [-0.3, -0.25) is 9.59 Å². The second-order valence-corrected chi connectivity index (χ2v) is 13.5. The van der Waals surface area contributed by atoms with Gasteiger partial charge >= 0.3 is 5.97 Å². The van der Waals surface area contributed by atoms with Crippen LogP contribution in [0.2, 0.25) is 0 Å². The van der Waals surface area contributed by atoms with Gasteiger partial charge in [-0.05, 0) is 94.3 Å². The molecule has 3 rings (SSSR count). The zero-order valence-corrected chi connectivity index (χ0v) is 24.9. The van der Waals surface area contributed by atoms with Crippen LogP contribution in [0.1, 0.15) is 162 Å². The highest BCUT2D eigenvalue weighted by atomic mass is 16.5. The Morgan fingerprint density at radius 3 is 1.78 bits per heavy atom. The topological polar surface area (TPSA) is 43.4 Å². The first-order valence-corrected chi connectivity index (χ1v) is 16.7. The van der Waals surface area contributed by atoms with E-state index in [1.807, 2.05) is 6.92 Å². The highest BCUT2D eigenvalue weighted by Gasteiger charge is 2.47. The molecule has 214 valence electrons. The zero-order valence-electron chi connectivity index (χ0n) is 24.9. The van der Waals surface area contributed by atoms with Crippen molar-refractivity contribution >= 4 is 11.8 Å². The van der Waals surface area contributed by atoms with Crippen molar-refractivity contribution in [2.45, 2.75) is 162 Å². The van der Waals surface area contributed by atoms with Crippen molar-refractivity contribution in [2.75, 3.05) is 6.61 Å². The lowest BCUT2D eigenvalue weighted by atomic mass is 9.62. The summed E-state index contributed by atoms with van der Waals surface area (Å²) in [7, 11) is 0. The minimum absolute atomic E-state index is 0.148. The molecule has 3 fully saturated rings. The van der Waals surface area contributed by atoms with Crippen LogP contribution in [-0.2, 0) is 14.3 Å². The lowest BCUT2D eigenvalue weighted by Crippen LogP contribution is -2.44. The summed E-state index contributed by atoms with van der Waals surface area (Å²) in [6.45, 7) is 6.83. The van der Waals surface area contributed by atoms with Crippen LogP contribution in [0.3, 0.4) is 0 Å². The molecule has 0 aromatic rings. The van der Waals surface area contributed by atoms with Crippen LogP contribution >= 0.6 is 0 Å². The Hall–Kier alpha value is -0.860. The van der Waals surface area contributed by atoms with E-state index in [9.17, 15) is 9.59 Å². The zero-order chi connectivity index (χ0) is 26.5. The predicted octanol–water partition coefficient (Wildman–Crippen LogP) is 9.85. The van der Waals surface area contributed by atoms with E-state index >= 15 is 0 Å². The highest BCUT2D eigenvalue weighted by molar-refractivity contribution is 6.04. The molecule has 0 aromatic carbocycles. The maximum atomic E-state index is 13.2. The Kier molecular flexibility index (Phi) is 13.5. The van der Waals surface area contributed by atoms with E-state index in [2.05, 4.69) is 13.8 Å². The molecule has 0 amide bonds. The molecule has 3 aliphatic carbocycles. The van der Waals surface area contributed by atoms with E-state index in [1.165, 1.54) is 109 Å². The second-order valence-electron chi connectivity index (χ2n) is 13.5. The van der Waals surface area contributed by atoms with Gasteiger partial charge in [-0.2, -0.15) is 0 Å². The summed E-state index contributed by atoms with van der Waals surface area (Å²) >= 11 is 0. The Morgan fingerprint density at radius 2 is 1.22 bits per heavy atom. The van der Waals surface area contributed by atoms with Crippen molar-refractivity contribution < 1.29 is 14.3 Å². The Balaban J connectivity index is 1.32. The normalized spacial score (nSPS) is 32.8. The van der Waals surface area contributed by atoms with Gasteiger partial charge in [0.15, 0.2) is 0 Å². The van der Waals surface area contributed by atoms with Crippen molar-refractivity contribution in [3.63, 3.8) is 0 Å². The number of carbonyl (C=O) groups is 2. The summed E-state index contributed by atoms with van der Waals surface area (Å²) in [6.07, 6.45) is 27.8. The molecule has 0 N–H and O–H groups in total. The summed E-state index contributed by atoms with van der Waals surface area (Å²) in [4.78, 5) is 26.0. The lowest BCUT2D eigenvalue weighted by molar-refractivity contribution is -0.162. The Labute approximate surface area is 229 Å². The van der Waals surface area contributed by atoms with Gasteiger partial charge in [0.1, 0.15) is 11.2 Å². The van der Waals surface area contributed by atoms with Gasteiger partial charge in [0.2, 0.25) is 0 Å². The highest BCUT2D eigenvalue weighted by Crippen LogP contribution is 2.47. The van der Waals surface area contributed by atoms with E-state index in [0.29, 0.717) is 31.3 Å². The molecular weight excluding hydrogens is 456 g/mol. The number of carbonyl (C=O) groups excluding carboxylic acids is 2. The smallest absolute Gasteiger partial charge is 0.319 e. The average molecular weight is 517 g/mol. The third-order valence-corrected chi connectivity index (χ3v) is 10.8. The van der Waals surface area contributed by atoms with E-state index in [4.69, 9.17) is 4.74 Å². The molecule has 3 nitrogen and oxygen atoms in total. The third kappa shape index (κ3) is 9.38. The first-order valence-electron chi connectivity index (χ1n) is 16.7. The molecule has 0 heterocycles. The number of hydrogen-bond donors (Lipinski definition) is 0. The van der Waals surface area contributed by atoms with E-state index < -0.39 is 5.41 Å². The monoisotopic (exact) mass is 516 g/mol. The van der Waals surface area contributed by atoms with Crippen LogP contribution in [0.4, 0.5) is 0 Å². The van der Waals surface area contributed by atoms with Crippen molar-refractivity contribution in [1.82, 2.24) is 0 Å². The van der Waals surface area contributed by atoms with Gasteiger partial charge in [-0.1, -0.05) is 90.9 Å². The van der Waals surface area contributed by atoms with E-state index in [1.54, 1.807) is 0 Å². The maximum absolute atomic E-state index is 13.2. The number of Topliss-reactive ketones (excluding diaryl/α,β-unsaturated/α-hetero) is 1. The minimum Gasteiger partial charge on any atom is -0.465 e. The average Bonchev–Trinajstić information content (AvgIpc) is 2.92. The van der Waals surface area contributed by atoms with E-state index in [-0.39, 0.29) is 11.8 Å². The molecule has 0 aliphatic heterocycles. The molecular formula is C34H60O3.